The smallest absolute Gasteiger partial charge is 0.254 e. The molecule has 3 N–H and O–H groups in total. The minimum Gasteiger partial charge on any atom is -0.507 e. The molecule has 2 heterocycles. The van der Waals surface area contributed by atoms with Crippen LogP contribution in [-0.4, -0.2) is 74.0 Å². The van der Waals surface area contributed by atoms with Crippen molar-refractivity contribution in [3.63, 3.8) is 0 Å². The Hall–Kier alpha value is -3.00. The van der Waals surface area contributed by atoms with Crippen molar-refractivity contribution in [3.05, 3.63) is 60.3 Å². The van der Waals surface area contributed by atoms with Gasteiger partial charge in [0, 0.05) is 54.5 Å². The maximum absolute atomic E-state index is 12.9. The predicted molar refractivity (Wildman–Crippen MR) is 117 cm³/mol. The molecule has 3 aromatic rings. The number of hydrogen-bond donors (Lipinski definition) is 3. The number of para-hydroxylation sites is 1. The molecular formula is C24H25N3O4. The fraction of sp³-hybridized carbons (Fsp3) is 0.333. The minimum atomic E-state index is -0.981. The van der Waals surface area contributed by atoms with Crippen LogP contribution in [-0.2, 0) is 0 Å². The number of benzene rings is 2. The normalized spacial score (nSPS) is 19.4. The van der Waals surface area contributed by atoms with Gasteiger partial charge in [-0.3, -0.25) is 14.7 Å². The summed E-state index contributed by atoms with van der Waals surface area (Å²) in [6.07, 6.45) is 2.08. The SMILES string of the molecule is O=C(c1ccc(-c2cnc3ccccc3c2)c(O)c1)N1CCN(C(O)C2(O)CC2)CC1. The van der Waals surface area contributed by atoms with E-state index >= 15 is 0 Å². The highest BCUT2D eigenvalue weighted by molar-refractivity contribution is 5.96. The molecule has 1 saturated carbocycles. The topological polar surface area (TPSA) is 97.1 Å². The molecular weight excluding hydrogens is 394 g/mol. The third kappa shape index (κ3) is 3.76. The maximum Gasteiger partial charge on any atom is 0.254 e. The highest BCUT2D eigenvalue weighted by Gasteiger charge is 2.50. The number of pyridine rings is 1. The zero-order valence-electron chi connectivity index (χ0n) is 17.1. The van der Waals surface area contributed by atoms with Gasteiger partial charge in [-0.15, -0.1) is 0 Å². The first-order valence-corrected chi connectivity index (χ1v) is 10.6. The predicted octanol–water partition coefficient (Wildman–Crippen LogP) is 2.21. The summed E-state index contributed by atoms with van der Waals surface area (Å²) in [6, 6.07) is 14.7. The number of carbonyl (C=O) groups excluding carboxylic acids is 1. The minimum absolute atomic E-state index is 0.0351. The lowest BCUT2D eigenvalue weighted by Crippen LogP contribution is -2.55. The van der Waals surface area contributed by atoms with E-state index in [9.17, 15) is 20.1 Å². The largest absolute Gasteiger partial charge is 0.507 e. The molecule has 0 radical (unpaired) electrons. The Morgan fingerprint density at radius 2 is 1.77 bits per heavy atom. The van der Waals surface area contributed by atoms with E-state index in [0.29, 0.717) is 50.1 Å². The highest BCUT2D eigenvalue weighted by atomic mass is 16.4. The van der Waals surface area contributed by atoms with Gasteiger partial charge < -0.3 is 20.2 Å². The molecule has 1 amide bonds. The van der Waals surface area contributed by atoms with Crippen molar-refractivity contribution in [2.24, 2.45) is 0 Å². The molecule has 1 aromatic heterocycles. The number of piperazine rings is 1. The Labute approximate surface area is 180 Å². The van der Waals surface area contributed by atoms with Crippen molar-refractivity contribution in [2.45, 2.75) is 24.7 Å². The van der Waals surface area contributed by atoms with Crippen LogP contribution in [0.5, 0.6) is 5.75 Å². The van der Waals surface area contributed by atoms with Crippen LogP contribution in [0.15, 0.2) is 54.7 Å². The molecule has 1 saturated heterocycles. The number of phenolic OH excluding ortho intramolecular Hbond substituents is 1. The van der Waals surface area contributed by atoms with Gasteiger partial charge in [0.2, 0.25) is 0 Å². The van der Waals surface area contributed by atoms with E-state index in [0.717, 1.165) is 16.5 Å². The third-order valence-corrected chi connectivity index (χ3v) is 6.34. The van der Waals surface area contributed by atoms with Crippen LogP contribution < -0.4 is 0 Å². The molecule has 7 heteroatoms. The van der Waals surface area contributed by atoms with E-state index in [1.165, 1.54) is 6.07 Å². The summed E-state index contributed by atoms with van der Waals surface area (Å²) < 4.78 is 0. The number of amides is 1. The molecule has 0 bridgehead atoms. The quantitative estimate of drug-likeness (QED) is 0.600. The molecule has 1 aliphatic heterocycles. The highest BCUT2D eigenvalue weighted by Crippen LogP contribution is 2.40. The standard InChI is InChI=1S/C24H25N3O4/c28-21-14-17(5-6-19(21)18-13-16-3-1-2-4-20(16)25-15-18)22(29)26-9-11-27(12-10-26)23(30)24(31)7-8-24/h1-6,13-15,23,28,30-31H,7-12H2. The van der Waals surface area contributed by atoms with Gasteiger partial charge >= 0.3 is 0 Å². The van der Waals surface area contributed by atoms with E-state index in [1.54, 1.807) is 23.2 Å². The Bertz CT molecular complexity index is 1140. The Morgan fingerprint density at radius 1 is 1.03 bits per heavy atom. The van der Waals surface area contributed by atoms with Gasteiger partial charge in [-0.2, -0.15) is 0 Å². The summed E-state index contributed by atoms with van der Waals surface area (Å²) >= 11 is 0. The first kappa shape index (κ1) is 19.9. The first-order chi connectivity index (χ1) is 14.9. The lowest BCUT2D eigenvalue weighted by atomic mass is 10.0. The Balaban J connectivity index is 1.30. The van der Waals surface area contributed by atoms with Crippen molar-refractivity contribution in [2.75, 3.05) is 26.2 Å². The van der Waals surface area contributed by atoms with Crippen LogP contribution in [0.2, 0.25) is 0 Å². The number of nitrogens with zero attached hydrogens (tertiary/aromatic N) is 3. The number of aliphatic hydroxyl groups excluding tert-OH is 1. The molecule has 2 aromatic carbocycles. The molecule has 7 nitrogen and oxygen atoms in total. The van der Waals surface area contributed by atoms with Crippen molar-refractivity contribution in [1.82, 2.24) is 14.8 Å². The zero-order valence-corrected chi connectivity index (χ0v) is 17.1. The number of phenols is 1. The Kier molecular flexibility index (Phi) is 4.89. The number of hydrogen-bond acceptors (Lipinski definition) is 6. The molecule has 160 valence electrons. The van der Waals surface area contributed by atoms with E-state index in [-0.39, 0.29) is 11.7 Å². The van der Waals surface area contributed by atoms with Crippen molar-refractivity contribution in [1.29, 1.82) is 0 Å². The average Bonchev–Trinajstić information content (AvgIpc) is 3.56. The van der Waals surface area contributed by atoms with E-state index in [1.807, 2.05) is 35.2 Å². The summed E-state index contributed by atoms with van der Waals surface area (Å²) in [5.74, 6) is -0.120. The van der Waals surface area contributed by atoms with Crippen LogP contribution in [0.1, 0.15) is 23.2 Å². The van der Waals surface area contributed by atoms with Gasteiger partial charge in [0.05, 0.1) is 5.52 Å². The zero-order chi connectivity index (χ0) is 21.6. The van der Waals surface area contributed by atoms with Gasteiger partial charge in [0.25, 0.3) is 5.91 Å². The van der Waals surface area contributed by atoms with Crippen molar-refractivity contribution in [3.8, 4) is 16.9 Å². The summed E-state index contributed by atoms with van der Waals surface area (Å²) in [5, 5.41) is 32.0. The number of rotatable bonds is 4. The van der Waals surface area contributed by atoms with E-state index in [4.69, 9.17) is 0 Å². The number of carbonyl (C=O) groups is 1. The molecule has 31 heavy (non-hydrogen) atoms. The lowest BCUT2D eigenvalue weighted by molar-refractivity contribution is -0.108. The van der Waals surface area contributed by atoms with Crippen molar-refractivity contribution < 1.29 is 20.1 Å². The molecule has 2 fully saturated rings. The summed E-state index contributed by atoms with van der Waals surface area (Å²) in [5.41, 5.74) is 1.74. The maximum atomic E-state index is 12.9. The monoisotopic (exact) mass is 419 g/mol. The lowest BCUT2D eigenvalue weighted by Gasteiger charge is -2.38. The Morgan fingerprint density at radius 3 is 2.48 bits per heavy atom. The second kappa shape index (κ2) is 7.60. The fourth-order valence-electron chi connectivity index (χ4n) is 4.21. The second-order valence-electron chi connectivity index (χ2n) is 8.45. The third-order valence-electron chi connectivity index (χ3n) is 6.34. The summed E-state index contributed by atoms with van der Waals surface area (Å²) in [6.45, 7) is 1.93. The summed E-state index contributed by atoms with van der Waals surface area (Å²) in [7, 11) is 0. The van der Waals surface area contributed by atoms with Crippen LogP contribution in [0.4, 0.5) is 0 Å². The van der Waals surface area contributed by atoms with E-state index < -0.39 is 11.8 Å². The number of fused-ring (bicyclic) bond motifs is 1. The van der Waals surface area contributed by atoms with Gasteiger partial charge in [0.15, 0.2) is 0 Å². The molecule has 2 aliphatic rings. The van der Waals surface area contributed by atoms with Crippen LogP contribution in [0.25, 0.3) is 22.0 Å². The molecule has 1 aliphatic carbocycles. The van der Waals surface area contributed by atoms with Crippen LogP contribution in [0, 0.1) is 0 Å². The molecule has 5 rings (SSSR count). The van der Waals surface area contributed by atoms with Gasteiger partial charge in [0.1, 0.15) is 17.6 Å². The van der Waals surface area contributed by atoms with Gasteiger partial charge in [-0.1, -0.05) is 18.2 Å². The van der Waals surface area contributed by atoms with E-state index in [2.05, 4.69) is 4.98 Å². The van der Waals surface area contributed by atoms with Crippen LogP contribution in [0.3, 0.4) is 0 Å². The summed E-state index contributed by atoms with van der Waals surface area (Å²) in [4.78, 5) is 20.9. The molecule has 1 atom stereocenters. The average molecular weight is 419 g/mol. The second-order valence-corrected chi connectivity index (χ2v) is 8.45. The van der Waals surface area contributed by atoms with Gasteiger partial charge in [-0.05, 0) is 43.2 Å². The number of aromatic hydroxyl groups is 1. The fourth-order valence-corrected chi connectivity index (χ4v) is 4.21. The first-order valence-electron chi connectivity index (χ1n) is 10.6. The van der Waals surface area contributed by atoms with Crippen LogP contribution >= 0.6 is 0 Å². The van der Waals surface area contributed by atoms with Crippen molar-refractivity contribution >= 4 is 16.8 Å². The number of aromatic nitrogens is 1. The molecule has 0 spiro atoms. The number of aliphatic hydroxyl groups is 2. The molecule has 1 unspecified atom stereocenters. The van der Waals surface area contributed by atoms with Gasteiger partial charge in [-0.25, -0.2) is 0 Å².